The molecule has 2 N–H and O–H groups in total. The van der Waals surface area contributed by atoms with Gasteiger partial charge in [-0.2, -0.15) is 0 Å². The number of imide groups is 1. The summed E-state index contributed by atoms with van der Waals surface area (Å²) in [5.74, 6) is -0.602. The molecule has 0 aliphatic carbocycles. The van der Waals surface area contributed by atoms with E-state index in [-0.39, 0.29) is 18.4 Å². The van der Waals surface area contributed by atoms with Gasteiger partial charge in [-0.3, -0.25) is 14.9 Å². The van der Waals surface area contributed by atoms with Gasteiger partial charge in [0.25, 0.3) is 0 Å². The Morgan fingerprint density at radius 3 is 2.81 bits per heavy atom. The van der Waals surface area contributed by atoms with Crippen molar-refractivity contribution in [3.05, 3.63) is 28.8 Å². The van der Waals surface area contributed by atoms with E-state index >= 15 is 0 Å². The molecule has 1 aromatic rings. The van der Waals surface area contributed by atoms with Crippen LogP contribution in [0.2, 0.25) is 5.02 Å². The first-order valence-corrected chi connectivity index (χ1v) is 7.39. The molecule has 1 heterocycles. The first-order valence-electron chi connectivity index (χ1n) is 7.01. The van der Waals surface area contributed by atoms with Crippen molar-refractivity contribution in [3.63, 3.8) is 0 Å². The maximum atomic E-state index is 11.8. The number of amides is 2. The third kappa shape index (κ3) is 3.54. The van der Waals surface area contributed by atoms with Crippen LogP contribution >= 0.6 is 11.6 Å². The van der Waals surface area contributed by atoms with Gasteiger partial charge in [-0.15, -0.1) is 0 Å². The van der Waals surface area contributed by atoms with Crippen LogP contribution in [0.15, 0.2) is 18.2 Å². The lowest BCUT2D eigenvalue weighted by molar-refractivity contribution is -0.132. The number of carbonyl (C=O) groups is 2. The molecule has 1 aliphatic rings. The number of carbonyl (C=O) groups excluding carboxylic acids is 2. The van der Waals surface area contributed by atoms with Crippen LogP contribution in [-0.4, -0.2) is 30.4 Å². The molecule has 0 saturated carbocycles. The number of rotatable bonds is 4. The van der Waals surface area contributed by atoms with Crippen LogP contribution in [0.3, 0.4) is 0 Å². The van der Waals surface area contributed by atoms with Crippen molar-refractivity contribution < 1.29 is 9.59 Å². The lowest BCUT2D eigenvalue weighted by atomic mass is 10.1. The van der Waals surface area contributed by atoms with Crippen molar-refractivity contribution in [3.8, 4) is 0 Å². The average molecular weight is 310 g/mol. The van der Waals surface area contributed by atoms with Gasteiger partial charge in [0, 0.05) is 12.6 Å². The van der Waals surface area contributed by atoms with E-state index in [0.717, 1.165) is 11.3 Å². The number of nitrogens with one attached hydrogen (secondary N) is 2. The number of piperazine rings is 1. The largest absolute Gasteiger partial charge is 0.349 e. The minimum Gasteiger partial charge on any atom is -0.349 e. The number of para-hydroxylation sites is 1. The van der Waals surface area contributed by atoms with Gasteiger partial charge in [-0.1, -0.05) is 37.6 Å². The molecular weight excluding hydrogens is 290 g/mol. The van der Waals surface area contributed by atoms with Crippen molar-refractivity contribution >= 4 is 29.1 Å². The fourth-order valence-electron chi connectivity index (χ4n) is 2.33. The zero-order valence-corrected chi connectivity index (χ0v) is 13.2. The quantitative estimate of drug-likeness (QED) is 0.831. The van der Waals surface area contributed by atoms with Gasteiger partial charge >= 0.3 is 0 Å². The summed E-state index contributed by atoms with van der Waals surface area (Å²) in [6.07, 6.45) is 0. The molecule has 6 heteroatoms. The van der Waals surface area contributed by atoms with E-state index in [4.69, 9.17) is 11.6 Å². The molecule has 0 spiro atoms. The number of halogens is 1. The van der Waals surface area contributed by atoms with E-state index in [0.29, 0.717) is 17.6 Å². The number of hydrogen-bond donors (Lipinski definition) is 2. The van der Waals surface area contributed by atoms with E-state index in [9.17, 15) is 9.59 Å². The Kier molecular flexibility index (Phi) is 4.85. The molecule has 114 valence electrons. The van der Waals surface area contributed by atoms with Gasteiger partial charge in [-0.25, -0.2) is 0 Å². The summed E-state index contributed by atoms with van der Waals surface area (Å²) in [7, 11) is 0. The van der Waals surface area contributed by atoms with E-state index in [1.165, 1.54) is 0 Å². The van der Waals surface area contributed by atoms with Crippen molar-refractivity contribution in [2.75, 3.05) is 11.4 Å². The third-order valence-corrected chi connectivity index (χ3v) is 3.79. The van der Waals surface area contributed by atoms with Crippen LogP contribution in [0.25, 0.3) is 0 Å². The summed E-state index contributed by atoms with van der Waals surface area (Å²) in [6, 6.07) is 5.51. The molecule has 2 rings (SSSR count). The molecule has 0 bridgehead atoms. The van der Waals surface area contributed by atoms with Crippen LogP contribution < -0.4 is 15.5 Å². The fraction of sp³-hybridized carbons (Fsp3) is 0.467. The molecule has 0 radical (unpaired) electrons. The molecule has 1 saturated heterocycles. The highest BCUT2D eigenvalue weighted by molar-refractivity contribution is 6.33. The Balaban J connectivity index is 2.36. The Bertz CT molecular complexity index is 560. The average Bonchev–Trinajstić information content (AvgIpc) is 2.41. The zero-order chi connectivity index (χ0) is 15.6. The summed E-state index contributed by atoms with van der Waals surface area (Å²) in [4.78, 5) is 25.3. The first kappa shape index (κ1) is 15.8. The second kappa shape index (κ2) is 6.45. The van der Waals surface area contributed by atoms with Gasteiger partial charge in [0.05, 0.1) is 17.3 Å². The van der Waals surface area contributed by atoms with Crippen LogP contribution in [0.1, 0.15) is 26.3 Å². The van der Waals surface area contributed by atoms with E-state index in [2.05, 4.69) is 24.5 Å². The van der Waals surface area contributed by atoms with E-state index < -0.39 is 6.04 Å². The number of anilines is 1. The highest BCUT2D eigenvalue weighted by Crippen LogP contribution is 2.32. The standard InChI is InChI=1S/C15H20ClN3O2/c1-9(2)17-7-11-5-4-6-12(16)14(11)19-8-13(20)18-15(21)10(19)3/h4-6,9-10,17H,7-8H2,1-3H3,(H,18,20,21). The van der Waals surface area contributed by atoms with Crippen molar-refractivity contribution in [2.45, 2.75) is 39.4 Å². The highest BCUT2D eigenvalue weighted by Gasteiger charge is 2.32. The van der Waals surface area contributed by atoms with Crippen molar-refractivity contribution in [1.82, 2.24) is 10.6 Å². The number of hydrogen-bond acceptors (Lipinski definition) is 4. The van der Waals surface area contributed by atoms with Crippen molar-refractivity contribution in [1.29, 1.82) is 0 Å². The molecule has 1 aliphatic heterocycles. The predicted octanol–water partition coefficient (Wildman–Crippen LogP) is 1.69. The van der Waals surface area contributed by atoms with Gasteiger partial charge < -0.3 is 10.2 Å². The Hall–Kier alpha value is -1.59. The summed E-state index contributed by atoms with van der Waals surface area (Å²) >= 11 is 6.33. The molecule has 1 atom stereocenters. The summed E-state index contributed by atoms with van der Waals surface area (Å²) in [5, 5.41) is 6.22. The SMILES string of the molecule is CC(C)NCc1cccc(Cl)c1N1CC(=O)NC(=O)C1C. The van der Waals surface area contributed by atoms with Crippen LogP contribution in [0, 0.1) is 0 Å². The van der Waals surface area contributed by atoms with Crippen LogP contribution in [-0.2, 0) is 16.1 Å². The van der Waals surface area contributed by atoms with Crippen molar-refractivity contribution in [2.24, 2.45) is 0 Å². The third-order valence-electron chi connectivity index (χ3n) is 3.48. The molecule has 5 nitrogen and oxygen atoms in total. The molecule has 1 fully saturated rings. The lowest BCUT2D eigenvalue weighted by Gasteiger charge is -2.35. The van der Waals surface area contributed by atoms with Crippen LogP contribution in [0.5, 0.6) is 0 Å². The second-order valence-electron chi connectivity index (χ2n) is 5.50. The zero-order valence-electron chi connectivity index (χ0n) is 12.4. The first-order chi connectivity index (χ1) is 9.90. The Morgan fingerprint density at radius 1 is 1.43 bits per heavy atom. The Morgan fingerprint density at radius 2 is 2.14 bits per heavy atom. The summed E-state index contributed by atoms with van der Waals surface area (Å²) < 4.78 is 0. The van der Waals surface area contributed by atoms with Gasteiger partial charge in [0.1, 0.15) is 6.04 Å². The lowest BCUT2D eigenvalue weighted by Crippen LogP contribution is -2.57. The van der Waals surface area contributed by atoms with Gasteiger partial charge in [0.15, 0.2) is 0 Å². The normalized spacial score (nSPS) is 19.1. The highest BCUT2D eigenvalue weighted by atomic mass is 35.5. The topological polar surface area (TPSA) is 61.4 Å². The maximum absolute atomic E-state index is 11.8. The molecule has 21 heavy (non-hydrogen) atoms. The molecule has 0 aromatic heterocycles. The summed E-state index contributed by atoms with van der Waals surface area (Å²) in [5.41, 5.74) is 1.73. The Labute approximate surface area is 129 Å². The van der Waals surface area contributed by atoms with Crippen LogP contribution in [0.4, 0.5) is 5.69 Å². The summed E-state index contributed by atoms with van der Waals surface area (Å²) in [6.45, 7) is 6.65. The van der Waals surface area contributed by atoms with E-state index in [1.807, 2.05) is 12.1 Å². The monoisotopic (exact) mass is 309 g/mol. The second-order valence-corrected chi connectivity index (χ2v) is 5.91. The minimum atomic E-state index is -0.430. The van der Waals surface area contributed by atoms with Gasteiger partial charge in [-0.05, 0) is 18.6 Å². The fourth-order valence-corrected chi connectivity index (χ4v) is 2.63. The number of nitrogens with zero attached hydrogens (tertiary/aromatic N) is 1. The minimum absolute atomic E-state index is 0.130. The predicted molar refractivity (Wildman–Crippen MR) is 83.4 cm³/mol. The molecule has 1 aromatic carbocycles. The number of benzene rings is 1. The van der Waals surface area contributed by atoms with Gasteiger partial charge in [0.2, 0.25) is 11.8 Å². The van der Waals surface area contributed by atoms with E-state index in [1.54, 1.807) is 17.9 Å². The smallest absolute Gasteiger partial charge is 0.249 e. The molecule has 2 amide bonds. The molecular formula is C15H20ClN3O2. The molecule has 1 unspecified atom stereocenters. The maximum Gasteiger partial charge on any atom is 0.249 e.